The first-order valence-corrected chi connectivity index (χ1v) is 7.15. The number of hydrogen-bond acceptors (Lipinski definition) is 3. The second-order valence-corrected chi connectivity index (χ2v) is 6.60. The molecule has 17 heavy (non-hydrogen) atoms. The molecule has 0 fully saturated rings. The van der Waals surface area contributed by atoms with E-state index in [4.69, 9.17) is 0 Å². The van der Waals surface area contributed by atoms with E-state index in [9.17, 15) is 4.79 Å². The molecule has 2 aromatic heterocycles. The average Bonchev–Trinajstić information content (AvgIpc) is 2.63. The predicted molar refractivity (Wildman–Crippen MR) is 76.6 cm³/mol. The molecule has 1 amide bonds. The molecule has 2 heterocycles. The van der Waals surface area contributed by atoms with Gasteiger partial charge in [0.15, 0.2) is 0 Å². The molecular weight excluding hydrogens is 368 g/mol. The van der Waals surface area contributed by atoms with Crippen molar-refractivity contribution in [3.63, 3.8) is 0 Å². The van der Waals surface area contributed by atoms with Crippen molar-refractivity contribution < 1.29 is 4.79 Å². The van der Waals surface area contributed by atoms with Crippen LogP contribution in [0.3, 0.4) is 0 Å². The Morgan fingerprint density at radius 2 is 2.18 bits per heavy atom. The van der Waals surface area contributed by atoms with Gasteiger partial charge in [-0.15, -0.1) is 11.3 Å². The number of thiophene rings is 1. The van der Waals surface area contributed by atoms with E-state index in [1.807, 2.05) is 19.1 Å². The van der Waals surface area contributed by atoms with Crippen LogP contribution in [0, 0.1) is 6.92 Å². The van der Waals surface area contributed by atoms with Crippen LogP contribution < -0.4 is 5.32 Å². The van der Waals surface area contributed by atoms with Gasteiger partial charge in [-0.25, -0.2) is 0 Å². The van der Waals surface area contributed by atoms with Gasteiger partial charge in [-0.1, -0.05) is 0 Å². The lowest BCUT2D eigenvalue weighted by atomic mass is 10.3. The van der Waals surface area contributed by atoms with Crippen molar-refractivity contribution in [2.45, 2.75) is 6.92 Å². The highest BCUT2D eigenvalue weighted by Crippen LogP contribution is 2.32. The minimum Gasteiger partial charge on any atom is -0.320 e. The first-order chi connectivity index (χ1) is 8.06. The Morgan fingerprint density at radius 3 is 2.71 bits per heavy atom. The largest absolute Gasteiger partial charge is 0.320 e. The van der Waals surface area contributed by atoms with Crippen molar-refractivity contribution in [3.05, 3.63) is 43.2 Å². The van der Waals surface area contributed by atoms with Crippen molar-refractivity contribution in [2.75, 3.05) is 5.32 Å². The highest BCUT2D eigenvalue weighted by molar-refractivity contribution is 9.13. The minimum atomic E-state index is -0.132. The first kappa shape index (κ1) is 12.7. The Kier molecular flexibility index (Phi) is 3.96. The standard InChI is InChI=1S/C11H8Br2N2OS/c1-6-2-3-7(5-14-6)15-11(16)9-4-8(12)10(13)17-9/h2-5H,1H3,(H,15,16). The number of nitrogens with one attached hydrogen (secondary N) is 1. The molecular formula is C11H8Br2N2OS. The van der Waals surface area contributed by atoms with Gasteiger partial charge < -0.3 is 5.32 Å². The lowest BCUT2D eigenvalue weighted by Crippen LogP contribution is -2.10. The number of anilines is 1. The molecule has 0 saturated carbocycles. The van der Waals surface area contributed by atoms with Crippen molar-refractivity contribution in [2.24, 2.45) is 0 Å². The maximum atomic E-state index is 11.9. The van der Waals surface area contributed by atoms with E-state index in [0.29, 0.717) is 10.6 Å². The Labute approximate surface area is 120 Å². The van der Waals surface area contributed by atoms with Gasteiger partial charge in [0.25, 0.3) is 5.91 Å². The van der Waals surface area contributed by atoms with Crippen LogP contribution in [-0.2, 0) is 0 Å². The molecule has 0 spiro atoms. The van der Waals surface area contributed by atoms with Crippen molar-refractivity contribution in [1.82, 2.24) is 4.98 Å². The summed E-state index contributed by atoms with van der Waals surface area (Å²) in [7, 11) is 0. The predicted octanol–water partition coefficient (Wildman–Crippen LogP) is 4.23. The number of amides is 1. The number of aromatic nitrogens is 1. The maximum Gasteiger partial charge on any atom is 0.265 e. The molecule has 2 rings (SSSR count). The molecule has 0 aliphatic heterocycles. The summed E-state index contributed by atoms with van der Waals surface area (Å²) in [4.78, 5) is 16.7. The van der Waals surface area contributed by atoms with Crippen LogP contribution >= 0.6 is 43.2 Å². The molecule has 0 unspecified atom stereocenters. The molecule has 0 radical (unpaired) electrons. The number of pyridine rings is 1. The summed E-state index contributed by atoms with van der Waals surface area (Å²) >= 11 is 8.09. The molecule has 2 aromatic rings. The van der Waals surface area contributed by atoms with E-state index in [1.165, 1.54) is 11.3 Å². The van der Waals surface area contributed by atoms with E-state index >= 15 is 0 Å². The van der Waals surface area contributed by atoms with Crippen molar-refractivity contribution in [3.8, 4) is 0 Å². The summed E-state index contributed by atoms with van der Waals surface area (Å²) in [6, 6.07) is 5.47. The summed E-state index contributed by atoms with van der Waals surface area (Å²) in [6.45, 7) is 1.90. The van der Waals surface area contributed by atoms with E-state index < -0.39 is 0 Å². The summed E-state index contributed by atoms with van der Waals surface area (Å²) in [6.07, 6.45) is 1.64. The topological polar surface area (TPSA) is 42.0 Å². The van der Waals surface area contributed by atoms with Crippen LogP contribution in [-0.4, -0.2) is 10.9 Å². The second kappa shape index (κ2) is 5.29. The molecule has 6 heteroatoms. The number of aryl methyl sites for hydroxylation is 1. The molecule has 0 aliphatic rings. The molecule has 0 bridgehead atoms. The zero-order valence-electron chi connectivity index (χ0n) is 8.83. The van der Waals surface area contributed by atoms with Crippen LogP contribution in [0.5, 0.6) is 0 Å². The number of hydrogen-bond donors (Lipinski definition) is 1. The van der Waals surface area contributed by atoms with Gasteiger partial charge in [0.2, 0.25) is 0 Å². The number of carbonyl (C=O) groups is 1. The number of halogens is 2. The Hall–Kier alpha value is -0.720. The summed E-state index contributed by atoms with van der Waals surface area (Å²) < 4.78 is 1.79. The molecule has 0 aliphatic carbocycles. The van der Waals surface area contributed by atoms with Gasteiger partial charge in [-0.3, -0.25) is 9.78 Å². The fraction of sp³-hybridized carbons (Fsp3) is 0.0909. The number of carbonyl (C=O) groups excluding carboxylic acids is 1. The normalized spacial score (nSPS) is 10.3. The molecule has 1 N–H and O–H groups in total. The van der Waals surface area contributed by atoms with Crippen LogP contribution in [0.4, 0.5) is 5.69 Å². The quantitative estimate of drug-likeness (QED) is 0.853. The third kappa shape index (κ3) is 3.14. The fourth-order valence-corrected chi connectivity index (χ4v) is 3.12. The zero-order chi connectivity index (χ0) is 12.4. The highest BCUT2D eigenvalue weighted by Gasteiger charge is 2.12. The van der Waals surface area contributed by atoms with E-state index in [1.54, 1.807) is 12.3 Å². The molecule has 3 nitrogen and oxygen atoms in total. The third-order valence-corrected chi connectivity index (χ3v) is 5.29. The van der Waals surface area contributed by atoms with Gasteiger partial charge in [0, 0.05) is 10.2 Å². The number of nitrogens with zero attached hydrogens (tertiary/aromatic N) is 1. The maximum absolute atomic E-state index is 11.9. The third-order valence-electron chi connectivity index (χ3n) is 2.04. The van der Waals surface area contributed by atoms with Gasteiger partial charge >= 0.3 is 0 Å². The number of rotatable bonds is 2. The first-order valence-electron chi connectivity index (χ1n) is 4.75. The molecule has 0 saturated heterocycles. The Balaban J connectivity index is 2.14. The molecule has 88 valence electrons. The Morgan fingerprint density at radius 1 is 1.41 bits per heavy atom. The van der Waals surface area contributed by atoms with Crippen LogP contribution in [0.1, 0.15) is 15.4 Å². The second-order valence-electron chi connectivity index (χ2n) is 3.37. The fourth-order valence-electron chi connectivity index (χ4n) is 1.19. The zero-order valence-corrected chi connectivity index (χ0v) is 12.8. The van der Waals surface area contributed by atoms with Crippen LogP contribution in [0.15, 0.2) is 32.7 Å². The van der Waals surface area contributed by atoms with Crippen molar-refractivity contribution >= 4 is 54.8 Å². The smallest absolute Gasteiger partial charge is 0.265 e. The van der Waals surface area contributed by atoms with Gasteiger partial charge in [-0.2, -0.15) is 0 Å². The summed E-state index contributed by atoms with van der Waals surface area (Å²) in [5, 5.41) is 2.79. The Bertz CT molecular complexity index is 532. The molecule has 0 aromatic carbocycles. The van der Waals surface area contributed by atoms with E-state index in [0.717, 1.165) is 14.0 Å². The molecule has 0 atom stereocenters. The summed E-state index contributed by atoms with van der Waals surface area (Å²) in [5.74, 6) is -0.132. The lowest BCUT2D eigenvalue weighted by molar-refractivity contribution is 0.103. The van der Waals surface area contributed by atoms with Gasteiger partial charge in [0.05, 0.1) is 20.5 Å². The monoisotopic (exact) mass is 374 g/mol. The summed E-state index contributed by atoms with van der Waals surface area (Å²) in [5.41, 5.74) is 1.62. The minimum absolute atomic E-state index is 0.132. The van der Waals surface area contributed by atoms with Gasteiger partial charge in [0.1, 0.15) is 0 Å². The van der Waals surface area contributed by atoms with E-state index in [-0.39, 0.29) is 5.91 Å². The van der Waals surface area contributed by atoms with Crippen molar-refractivity contribution in [1.29, 1.82) is 0 Å². The van der Waals surface area contributed by atoms with Crippen LogP contribution in [0.2, 0.25) is 0 Å². The highest BCUT2D eigenvalue weighted by atomic mass is 79.9. The average molecular weight is 376 g/mol. The SMILES string of the molecule is Cc1ccc(NC(=O)c2cc(Br)c(Br)s2)cn1. The van der Waals surface area contributed by atoms with Gasteiger partial charge in [-0.05, 0) is 57.0 Å². The van der Waals surface area contributed by atoms with E-state index in [2.05, 4.69) is 42.2 Å². The lowest BCUT2D eigenvalue weighted by Gasteiger charge is -2.02. The van der Waals surface area contributed by atoms with Crippen LogP contribution in [0.25, 0.3) is 0 Å².